The maximum absolute atomic E-state index is 10.4. The largest absolute Gasteiger partial charge is 1.00 e. The molecule has 0 radical (unpaired) electrons. The Hall–Kier alpha value is 0.436. The first-order valence-corrected chi connectivity index (χ1v) is 4.08. The summed E-state index contributed by atoms with van der Waals surface area (Å²) in [5.41, 5.74) is 0.472. The number of methoxy groups -OCH3 is 1. The van der Waals surface area contributed by atoms with Crippen molar-refractivity contribution in [3.8, 4) is 11.5 Å². The fourth-order valence-electron chi connectivity index (χ4n) is 0.863. The molecule has 70 valence electrons. The third kappa shape index (κ3) is 3.89. The van der Waals surface area contributed by atoms with E-state index in [4.69, 9.17) is 4.74 Å². The van der Waals surface area contributed by atoms with Crippen molar-refractivity contribution in [3.63, 3.8) is 0 Å². The Morgan fingerprint density at radius 3 is 2.64 bits per heavy atom. The molecule has 0 N–H and O–H groups in total. The summed E-state index contributed by atoms with van der Waals surface area (Å²) in [6, 6.07) is 4.55. The molecule has 1 aromatic carbocycles. The van der Waals surface area contributed by atoms with Gasteiger partial charge in [-0.05, 0) is 30.5 Å². The van der Waals surface area contributed by atoms with Crippen molar-refractivity contribution in [2.45, 2.75) is 0 Å². The maximum atomic E-state index is 10.4. The third-order valence-electron chi connectivity index (χ3n) is 1.45. The van der Waals surface area contributed by atoms with E-state index < -0.39 is 0 Å². The van der Waals surface area contributed by atoms with Crippen LogP contribution in [-0.2, 0) is 0 Å². The standard InChI is InChI=1S/C8H8O4S.K/c1-11-8-4-6(5-9)2-3-7(8)12-13-10;/h2-5,10H,1H3;/q;+1/p-1. The number of benzene rings is 1. The van der Waals surface area contributed by atoms with Crippen LogP contribution in [0.2, 0.25) is 0 Å². The van der Waals surface area contributed by atoms with Crippen molar-refractivity contribution in [1.82, 2.24) is 0 Å². The van der Waals surface area contributed by atoms with Gasteiger partial charge in [0.25, 0.3) is 0 Å². The summed E-state index contributed by atoms with van der Waals surface area (Å²) in [7, 11) is 1.44. The zero-order valence-electron chi connectivity index (χ0n) is 7.85. The SMILES string of the molecule is COc1cc(C=O)ccc1OS[O-].[K+]. The Morgan fingerprint density at radius 2 is 2.14 bits per heavy atom. The van der Waals surface area contributed by atoms with Gasteiger partial charge in [0, 0.05) is 5.56 Å². The first-order chi connectivity index (χ1) is 6.31. The Balaban J connectivity index is 0.00000169. The summed E-state index contributed by atoms with van der Waals surface area (Å²) < 4.78 is 19.6. The third-order valence-corrected chi connectivity index (χ3v) is 1.70. The second-order valence-corrected chi connectivity index (χ2v) is 2.48. The van der Waals surface area contributed by atoms with Crippen LogP contribution in [0.3, 0.4) is 0 Å². The molecule has 0 saturated carbocycles. The number of carbonyl (C=O) groups is 1. The van der Waals surface area contributed by atoms with Gasteiger partial charge in [0.2, 0.25) is 0 Å². The van der Waals surface area contributed by atoms with Crippen molar-refractivity contribution in [1.29, 1.82) is 0 Å². The van der Waals surface area contributed by atoms with Crippen LogP contribution in [0.5, 0.6) is 11.5 Å². The molecule has 1 aromatic rings. The summed E-state index contributed by atoms with van der Waals surface area (Å²) >= 11 is -0.0206. The minimum absolute atomic E-state index is 0. The molecule has 0 spiro atoms. The zero-order valence-corrected chi connectivity index (χ0v) is 11.8. The van der Waals surface area contributed by atoms with Crippen LogP contribution in [0.25, 0.3) is 0 Å². The van der Waals surface area contributed by atoms with Crippen LogP contribution in [-0.4, -0.2) is 17.9 Å². The van der Waals surface area contributed by atoms with Gasteiger partial charge in [-0.3, -0.25) is 4.79 Å². The molecule has 1 rings (SSSR count). The molecule has 0 aromatic heterocycles. The van der Waals surface area contributed by atoms with Crippen molar-refractivity contribution in [3.05, 3.63) is 23.8 Å². The second-order valence-electron chi connectivity index (χ2n) is 2.18. The molecule has 6 heteroatoms. The first kappa shape index (κ1) is 14.4. The molecule has 14 heavy (non-hydrogen) atoms. The van der Waals surface area contributed by atoms with Crippen LogP contribution >= 0.6 is 12.3 Å². The Labute approximate surface area is 129 Å². The maximum Gasteiger partial charge on any atom is 1.00 e. The fraction of sp³-hybridized carbons (Fsp3) is 0.125. The van der Waals surface area contributed by atoms with Crippen molar-refractivity contribution in [2.75, 3.05) is 7.11 Å². The molecule has 0 atom stereocenters. The molecule has 0 heterocycles. The van der Waals surface area contributed by atoms with Gasteiger partial charge < -0.3 is 13.5 Å². The number of aldehydes is 1. The predicted octanol–water partition coefficient (Wildman–Crippen LogP) is -1.33. The molecule has 0 bridgehead atoms. The van der Waals surface area contributed by atoms with Gasteiger partial charge in [0.15, 0.2) is 11.5 Å². The first-order valence-electron chi connectivity index (χ1n) is 3.41. The summed E-state index contributed by atoms with van der Waals surface area (Å²) in [6.45, 7) is 0. The Morgan fingerprint density at radius 1 is 1.43 bits per heavy atom. The molecular formula is C8H7KO4S. The van der Waals surface area contributed by atoms with Gasteiger partial charge in [-0.1, -0.05) is 0 Å². The predicted molar refractivity (Wildman–Crippen MR) is 47.4 cm³/mol. The average Bonchev–Trinajstić information content (AvgIpc) is 2.19. The van der Waals surface area contributed by atoms with E-state index in [-0.39, 0.29) is 63.7 Å². The van der Waals surface area contributed by atoms with Crippen molar-refractivity contribution in [2.24, 2.45) is 0 Å². The fourth-order valence-corrected chi connectivity index (χ4v) is 1.07. The minimum atomic E-state index is -0.0206. The van der Waals surface area contributed by atoms with E-state index in [1.807, 2.05) is 0 Å². The average molecular weight is 238 g/mol. The van der Waals surface area contributed by atoms with Crippen molar-refractivity contribution < 1.29 is 69.7 Å². The van der Waals surface area contributed by atoms with Gasteiger partial charge in [-0.2, -0.15) is 0 Å². The minimum Gasteiger partial charge on any atom is -0.766 e. The molecule has 0 aliphatic carbocycles. The van der Waals surface area contributed by atoms with Gasteiger partial charge in [-0.15, -0.1) is 0 Å². The van der Waals surface area contributed by atoms with Gasteiger partial charge in [0.05, 0.1) is 7.11 Å². The summed E-state index contributed by atoms with van der Waals surface area (Å²) in [4.78, 5) is 10.4. The topological polar surface area (TPSA) is 58.6 Å². The van der Waals surface area contributed by atoms with E-state index in [2.05, 4.69) is 4.18 Å². The van der Waals surface area contributed by atoms with E-state index >= 15 is 0 Å². The number of carbonyl (C=O) groups excluding carboxylic acids is 1. The molecule has 0 unspecified atom stereocenters. The van der Waals surface area contributed by atoms with Crippen LogP contribution < -0.4 is 60.3 Å². The second kappa shape index (κ2) is 7.69. The van der Waals surface area contributed by atoms with Crippen LogP contribution in [0.1, 0.15) is 10.4 Å². The Bertz CT molecular complexity index is 305. The molecule has 0 amide bonds. The van der Waals surface area contributed by atoms with E-state index in [1.54, 1.807) is 6.07 Å². The summed E-state index contributed by atoms with van der Waals surface area (Å²) in [5.74, 6) is 0.682. The van der Waals surface area contributed by atoms with Gasteiger partial charge in [0.1, 0.15) is 6.29 Å². The molecular weight excluding hydrogens is 231 g/mol. The number of hydrogen-bond donors (Lipinski definition) is 0. The molecule has 0 fully saturated rings. The normalized spacial score (nSPS) is 8.71. The van der Waals surface area contributed by atoms with E-state index in [1.165, 1.54) is 19.2 Å². The molecule has 4 nitrogen and oxygen atoms in total. The van der Waals surface area contributed by atoms with E-state index in [0.717, 1.165) is 0 Å². The monoisotopic (exact) mass is 238 g/mol. The molecule has 0 aliphatic heterocycles. The van der Waals surface area contributed by atoms with Crippen molar-refractivity contribution >= 4 is 18.6 Å². The van der Waals surface area contributed by atoms with Crippen LogP contribution in [0.4, 0.5) is 0 Å². The number of hydrogen-bond acceptors (Lipinski definition) is 5. The zero-order chi connectivity index (χ0) is 9.68. The summed E-state index contributed by atoms with van der Waals surface area (Å²) in [5, 5.41) is 0. The quantitative estimate of drug-likeness (QED) is 0.369. The van der Waals surface area contributed by atoms with Gasteiger partial charge >= 0.3 is 51.4 Å². The van der Waals surface area contributed by atoms with E-state index in [0.29, 0.717) is 23.3 Å². The number of ether oxygens (including phenoxy) is 1. The van der Waals surface area contributed by atoms with Crippen LogP contribution in [0.15, 0.2) is 18.2 Å². The van der Waals surface area contributed by atoms with E-state index in [9.17, 15) is 9.35 Å². The van der Waals surface area contributed by atoms with Crippen LogP contribution in [0, 0.1) is 0 Å². The van der Waals surface area contributed by atoms with Gasteiger partial charge in [-0.25, -0.2) is 0 Å². The number of rotatable bonds is 4. The summed E-state index contributed by atoms with van der Waals surface area (Å²) in [6.07, 6.45) is 0.691. The molecule has 0 aliphatic rings. The smallest absolute Gasteiger partial charge is 0.766 e. The molecule has 0 saturated heterocycles. The Kier molecular flexibility index (Phi) is 7.93.